The van der Waals surface area contributed by atoms with Crippen LogP contribution in [0.1, 0.15) is 23.2 Å². The fourth-order valence-electron chi connectivity index (χ4n) is 1.21. The maximum absolute atomic E-state index is 10.6. The molecule has 0 amide bonds. The SMILES string of the molecule is COCCCCNc1ccc(C(=O)O)cn1. The van der Waals surface area contributed by atoms with Crippen LogP contribution < -0.4 is 5.32 Å². The molecule has 0 atom stereocenters. The molecule has 1 rings (SSSR count). The molecule has 0 radical (unpaired) electrons. The van der Waals surface area contributed by atoms with Crippen molar-refractivity contribution in [1.29, 1.82) is 0 Å². The van der Waals surface area contributed by atoms with Crippen molar-refractivity contribution in [3.05, 3.63) is 23.9 Å². The van der Waals surface area contributed by atoms with Gasteiger partial charge in [0.1, 0.15) is 5.82 Å². The molecule has 1 aromatic rings. The molecule has 0 saturated carbocycles. The summed E-state index contributed by atoms with van der Waals surface area (Å²) in [5, 5.41) is 11.8. The molecule has 0 unspecified atom stereocenters. The maximum Gasteiger partial charge on any atom is 0.337 e. The molecule has 0 aliphatic carbocycles. The van der Waals surface area contributed by atoms with Gasteiger partial charge >= 0.3 is 5.97 Å². The third-order valence-electron chi connectivity index (χ3n) is 2.09. The molecule has 5 nitrogen and oxygen atoms in total. The molecule has 0 aliphatic heterocycles. The van der Waals surface area contributed by atoms with Crippen molar-refractivity contribution in [3.63, 3.8) is 0 Å². The Balaban J connectivity index is 2.29. The summed E-state index contributed by atoms with van der Waals surface area (Å²) in [6, 6.07) is 3.20. The lowest BCUT2D eigenvalue weighted by atomic mass is 10.3. The van der Waals surface area contributed by atoms with E-state index >= 15 is 0 Å². The Hall–Kier alpha value is -1.62. The number of hydrogen-bond donors (Lipinski definition) is 2. The Morgan fingerprint density at radius 2 is 2.31 bits per heavy atom. The topological polar surface area (TPSA) is 71.5 Å². The summed E-state index contributed by atoms with van der Waals surface area (Å²) in [6.07, 6.45) is 3.34. The Bertz CT molecular complexity index is 325. The lowest BCUT2D eigenvalue weighted by molar-refractivity contribution is 0.0696. The Morgan fingerprint density at radius 3 is 2.88 bits per heavy atom. The summed E-state index contributed by atoms with van der Waals surface area (Å²) in [5.74, 6) is -0.262. The Kier molecular flexibility index (Phi) is 5.28. The summed E-state index contributed by atoms with van der Waals surface area (Å²) < 4.78 is 4.93. The number of carboxylic acids is 1. The number of unbranched alkanes of at least 4 members (excludes halogenated alkanes) is 1. The number of hydrogen-bond acceptors (Lipinski definition) is 4. The van der Waals surface area contributed by atoms with Crippen LogP contribution in [0.2, 0.25) is 0 Å². The third-order valence-corrected chi connectivity index (χ3v) is 2.09. The first-order valence-electron chi connectivity index (χ1n) is 5.16. The van der Waals surface area contributed by atoms with E-state index < -0.39 is 5.97 Å². The van der Waals surface area contributed by atoms with Gasteiger partial charge in [-0.05, 0) is 25.0 Å². The van der Waals surface area contributed by atoms with Gasteiger partial charge in [-0.1, -0.05) is 0 Å². The van der Waals surface area contributed by atoms with Gasteiger partial charge in [-0.25, -0.2) is 9.78 Å². The molecule has 0 bridgehead atoms. The molecule has 0 aliphatic rings. The van der Waals surface area contributed by atoms with E-state index in [4.69, 9.17) is 9.84 Å². The molecule has 0 spiro atoms. The molecule has 88 valence electrons. The fraction of sp³-hybridized carbons (Fsp3) is 0.455. The number of anilines is 1. The molecule has 16 heavy (non-hydrogen) atoms. The highest BCUT2D eigenvalue weighted by molar-refractivity contribution is 5.87. The highest BCUT2D eigenvalue weighted by Gasteiger charge is 2.01. The van der Waals surface area contributed by atoms with Crippen molar-refractivity contribution in [2.45, 2.75) is 12.8 Å². The zero-order chi connectivity index (χ0) is 11.8. The Labute approximate surface area is 94.5 Å². The minimum absolute atomic E-state index is 0.199. The van der Waals surface area contributed by atoms with Gasteiger partial charge in [0, 0.05) is 26.5 Å². The second-order valence-corrected chi connectivity index (χ2v) is 3.36. The van der Waals surface area contributed by atoms with Gasteiger partial charge in [0.15, 0.2) is 0 Å². The lowest BCUT2D eigenvalue weighted by Crippen LogP contribution is -2.05. The van der Waals surface area contributed by atoms with E-state index in [1.807, 2.05) is 0 Å². The van der Waals surface area contributed by atoms with Gasteiger partial charge < -0.3 is 15.2 Å². The normalized spacial score (nSPS) is 10.1. The van der Waals surface area contributed by atoms with E-state index in [-0.39, 0.29) is 5.56 Å². The second kappa shape index (κ2) is 6.79. The van der Waals surface area contributed by atoms with Crippen LogP contribution in [-0.2, 0) is 4.74 Å². The van der Waals surface area contributed by atoms with Crippen molar-refractivity contribution in [2.75, 3.05) is 25.6 Å². The van der Waals surface area contributed by atoms with Gasteiger partial charge in [0.2, 0.25) is 0 Å². The van der Waals surface area contributed by atoms with Crippen molar-refractivity contribution in [3.8, 4) is 0 Å². The number of aromatic nitrogens is 1. The summed E-state index contributed by atoms with van der Waals surface area (Å²) in [7, 11) is 1.68. The molecule has 1 heterocycles. The number of methoxy groups -OCH3 is 1. The largest absolute Gasteiger partial charge is 0.478 e. The molecular formula is C11H16N2O3. The summed E-state index contributed by atoms with van der Waals surface area (Å²) in [6.45, 7) is 1.57. The van der Waals surface area contributed by atoms with Gasteiger partial charge in [0.25, 0.3) is 0 Å². The van der Waals surface area contributed by atoms with Crippen LogP contribution in [0.3, 0.4) is 0 Å². The van der Waals surface area contributed by atoms with Crippen LogP contribution in [0.4, 0.5) is 5.82 Å². The van der Waals surface area contributed by atoms with E-state index in [1.165, 1.54) is 12.3 Å². The zero-order valence-corrected chi connectivity index (χ0v) is 9.27. The number of nitrogens with one attached hydrogen (secondary N) is 1. The summed E-state index contributed by atoms with van der Waals surface area (Å²) in [4.78, 5) is 14.6. The van der Waals surface area contributed by atoms with Gasteiger partial charge in [-0.2, -0.15) is 0 Å². The fourth-order valence-corrected chi connectivity index (χ4v) is 1.21. The van der Waals surface area contributed by atoms with Crippen LogP contribution in [0.5, 0.6) is 0 Å². The average Bonchev–Trinajstić information content (AvgIpc) is 2.29. The quantitative estimate of drug-likeness (QED) is 0.688. The molecule has 5 heteroatoms. The molecular weight excluding hydrogens is 208 g/mol. The van der Waals surface area contributed by atoms with Gasteiger partial charge in [-0.15, -0.1) is 0 Å². The van der Waals surface area contributed by atoms with Gasteiger partial charge in [0.05, 0.1) is 5.56 Å². The monoisotopic (exact) mass is 224 g/mol. The number of carbonyl (C=O) groups is 1. The van der Waals surface area contributed by atoms with Gasteiger partial charge in [-0.3, -0.25) is 0 Å². The van der Waals surface area contributed by atoms with Crippen molar-refractivity contribution in [2.24, 2.45) is 0 Å². The zero-order valence-electron chi connectivity index (χ0n) is 9.27. The van der Waals surface area contributed by atoms with Crippen molar-refractivity contribution in [1.82, 2.24) is 4.98 Å². The lowest BCUT2D eigenvalue weighted by Gasteiger charge is -2.05. The first kappa shape index (κ1) is 12.4. The molecule has 0 aromatic carbocycles. The van der Waals surface area contributed by atoms with Crippen LogP contribution in [0, 0.1) is 0 Å². The smallest absolute Gasteiger partial charge is 0.337 e. The Morgan fingerprint density at radius 1 is 1.50 bits per heavy atom. The minimum atomic E-state index is -0.959. The standard InChI is InChI=1S/C11H16N2O3/c1-16-7-3-2-6-12-10-5-4-9(8-13-10)11(14)15/h4-5,8H,2-3,6-7H2,1H3,(H,12,13)(H,14,15). The minimum Gasteiger partial charge on any atom is -0.478 e. The maximum atomic E-state index is 10.6. The van der Waals surface area contributed by atoms with E-state index in [2.05, 4.69) is 10.3 Å². The second-order valence-electron chi connectivity index (χ2n) is 3.36. The van der Waals surface area contributed by atoms with Crippen molar-refractivity contribution >= 4 is 11.8 Å². The van der Waals surface area contributed by atoms with Crippen molar-refractivity contribution < 1.29 is 14.6 Å². The number of rotatable bonds is 7. The molecule has 1 aromatic heterocycles. The van der Waals surface area contributed by atoms with E-state index in [9.17, 15) is 4.79 Å². The number of nitrogens with zero attached hydrogens (tertiary/aromatic N) is 1. The predicted octanol–water partition coefficient (Wildman–Crippen LogP) is 1.62. The van der Waals surface area contributed by atoms with Crippen LogP contribution >= 0.6 is 0 Å². The van der Waals surface area contributed by atoms with E-state index in [1.54, 1.807) is 13.2 Å². The molecule has 0 fully saturated rings. The van der Waals surface area contributed by atoms with E-state index in [0.717, 1.165) is 26.0 Å². The molecule has 0 saturated heterocycles. The third kappa shape index (κ3) is 4.27. The highest BCUT2D eigenvalue weighted by Crippen LogP contribution is 2.05. The predicted molar refractivity (Wildman–Crippen MR) is 60.8 cm³/mol. The first-order chi connectivity index (χ1) is 7.74. The summed E-state index contributed by atoms with van der Waals surface area (Å²) >= 11 is 0. The first-order valence-corrected chi connectivity index (χ1v) is 5.16. The van der Waals surface area contributed by atoms with Crippen LogP contribution in [0.25, 0.3) is 0 Å². The summed E-state index contributed by atoms with van der Waals surface area (Å²) in [5.41, 5.74) is 0.199. The number of ether oxygens (including phenoxy) is 1. The number of aromatic carboxylic acids is 1. The molecule has 2 N–H and O–H groups in total. The van der Waals surface area contributed by atoms with Crippen LogP contribution in [-0.4, -0.2) is 36.3 Å². The van der Waals surface area contributed by atoms with E-state index in [0.29, 0.717) is 5.82 Å². The van der Waals surface area contributed by atoms with Crippen LogP contribution in [0.15, 0.2) is 18.3 Å². The average molecular weight is 224 g/mol. The number of pyridine rings is 1. The highest BCUT2D eigenvalue weighted by atomic mass is 16.5. The number of carboxylic acid groups (broad SMARTS) is 1.